The quantitative estimate of drug-likeness (QED) is 0.907. The van der Waals surface area contributed by atoms with Crippen LogP contribution in [0.25, 0.3) is 0 Å². The van der Waals surface area contributed by atoms with Crippen LogP contribution in [0.15, 0.2) is 18.2 Å². The predicted octanol–water partition coefficient (Wildman–Crippen LogP) is 2.63. The molecule has 0 aromatic heterocycles. The number of amides is 1. The van der Waals surface area contributed by atoms with Crippen LogP contribution in [0, 0.1) is 5.92 Å². The van der Waals surface area contributed by atoms with Gasteiger partial charge in [-0.05, 0) is 30.5 Å². The van der Waals surface area contributed by atoms with E-state index in [1.807, 2.05) is 17.0 Å². The lowest BCUT2D eigenvalue weighted by Crippen LogP contribution is -2.43. The Morgan fingerprint density at radius 3 is 2.76 bits per heavy atom. The van der Waals surface area contributed by atoms with Crippen LogP contribution >= 0.6 is 23.2 Å². The van der Waals surface area contributed by atoms with Gasteiger partial charge < -0.3 is 15.4 Å². The van der Waals surface area contributed by atoms with E-state index in [4.69, 9.17) is 33.7 Å². The molecule has 0 saturated carbocycles. The Bertz CT molecular complexity index is 552. The smallest absolute Gasteiger partial charge is 0.230 e. The van der Waals surface area contributed by atoms with Crippen LogP contribution in [0.5, 0.6) is 0 Å². The van der Waals surface area contributed by atoms with Gasteiger partial charge in [0.25, 0.3) is 0 Å². The van der Waals surface area contributed by atoms with Gasteiger partial charge in [0, 0.05) is 12.6 Å². The Hall–Kier alpha value is -0.810. The molecule has 0 aliphatic carbocycles. The summed E-state index contributed by atoms with van der Waals surface area (Å²) in [4.78, 5) is 14.6. The Labute approximate surface area is 134 Å². The topological polar surface area (TPSA) is 55.6 Å². The average molecular weight is 329 g/mol. The highest BCUT2D eigenvalue weighted by Gasteiger charge is 2.39. The number of halogens is 2. The summed E-state index contributed by atoms with van der Waals surface area (Å²) in [6.45, 7) is 1.64. The van der Waals surface area contributed by atoms with Gasteiger partial charge in [-0.1, -0.05) is 29.3 Å². The van der Waals surface area contributed by atoms with Gasteiger partial charge in [-0.3, -0.25) is 4.79 Å². The molecule has 2 heterocycles. The molecule has 2 N–H and O–H groups in total. The van der Waals surface area contributed by atoms with Gasteiger partial charge in [-0.2, -0.15) is 0 Å². The lowest BCUT2D eigenvalue weighted by atomic mass is 10.00. The number of hydrogen-bond donors (Lipinski definition) is 1. The first-order valence-corrected chi connectivity index (χ1v) is 7.92. The molecule has 2 aliphatic rings. The van der Waals surface area contributed by atoms with E-state index in [2.05, 4.69) is 0 Å². The molecule has 2 fully saturated rings. The van der Waals surface area contributed by atoms with Crippen LogP contribution in [-0.4, -0.2) is 36.6 Å². The maximum Gasteiger partial charge on any atom is 0.230 e. The summed E-state index contributed by atoms with van der Waals surface area (Å²) in [6.07, 6.45) is 1.92. The van der Waals surface area contributed by atoms with Crippen molar-refractivity contribution < 1.29 is 9.53 Å². The van der Waals surface area contributed by atoms with Gasteiger partial charge in [-0.25, -0.2) is 0 Å². The Kier molecular flexibility index (Phi) is 4.41. The zero-order valence-corrected chi connectivity index (χ0v) is 13.1. The monoisotopic (exact) mass is 328 g/mol. The molecule has 114 valence electrons. The van der Waals surface area contributed by atoms with Crippen LogP contribution in [-0.2, 0) is 9.53 Å². The van der Waals surface area contributed by atoms with Crippen LogP contribution in [0.2, 0.25) is 10.0 Å². The second kappa shape index (κ2) is 6.13. The Morgan fingerprint density at radius 1 is 1.29 bits per heavy atom. The van der Waals surface area contributed by atoms with Crippen molar-refractivity contribution in [2.45, 2.75) is 24.9 Å². The number of rotatable bonds is 2. The number of carbonyl (C=O) groups is 1. The molecule has 1 aromatic rings. The summed E-state index contributed by atoms with van der Waals surface area (Å²) in [5, 5.41) is 1.05. The fourth-order valence-corrected chi connectivity index (χ4v) is 3.44. The second-order valence-corrected chi connectivity index (χ2v) is 6.49. The fourth-order valence-electron chi connectivity index (χ4n) is 3.13. The fraction of sp³-hybridized carbons (Fsp3) is 0.533. The molecule has 3 rings (SSSR count). The SMILES string of the molecule is NC1COCC1C(=O)N1CCCC1c1ccc(Cl)c(Cl)c1. The average Bonchev–Trinajstić information content (AvgIpc) is 3.10. The molecule has 1 amide bonds. The highest BCUT2D eigenvalue weighted by molar-refractivity contribution is 6.42. The third kappa shape index (κ3) is 2.90. The van der Waals surface area contributed by atoms with Gasteiger partial charge >= 0.3 is 0 Å². The lowest BCUT2D eigenvalue weighted by molar-refractivity contribution is -0.136. The molecule has 0 radical (unpaired) electrons. The van der Waals surface area contributed by atoms with E-state index in [1.54, 1.807) is 6.07 Å². The molecule has 3 unspecified atom stereocenters. The minimum Gasteiger partial charge on any atom is -0.379 e. The molecule has 4 nitrogen and oxygen atoms in total. The Morgan fingerprint density at radius 2 is 2.10 bits per heavy atom. The van der Waals surface area contributed by atoms with Gasteiger partial charge in [-0.15, -0.1) is 0 Å². The largest absolute Gasteiger partial charge is 0.379 e. The van der Waals surface area contributed by atoms with E-state index in [0.29, 0.717) is 23.3 Å². The third-order valence-electron chi connectivity index (χ3n) is 4.31. The molecule has 3 atom stereocenters. The zero-order valence-electron chi connectivity index (χ0n) is 11.6. The van der Waals surface area contributed by atoms with Gasteiger partial charge in [0.1, 0.15) is 0 Å². The third-order valence-corrected chi connectivity index (χ3v) is 5.05. The van der Waals surface area contributed by atoms with E-state index in [0.717, 1.165) is 24.9 Å². The number of ether oxygens (including phenoxy) is 1. The van der Waals surface area contributed by atoms with Crippen molar-refractivity contribution in [2.24, 2.45) is 11.7 Å². The van der Waals surface area contributed by atoms with E-state index < -0.39 is 0 Å². The van der Waals surface area contributed by atoms with Crippen LogP contribution in [0.4, 0.5) is 0 Å². The summed E-state index contributed by atoms with van der Waals surface area (Å²) in [6, 6.07) is 5.43. The van der Waals surface area contributed by atoms with Crippen molar-refractivity contribution in [3.8, 4) is 0 Å². The first-order chi connectivity index (χ1) is 10.1. The number of benzene rings is 1. The van der Waals surface area contributed by atoms with Crippen molar-refractivity contribution in [3.63, 3.8) is 0 Å². The zero-order chi connectivity index (χ0) is 15.0. The highest BCUT2D eigenvalue weighted by atomic mass is 35.5. The van der Waals surface area contributed by atoms with Gasteiger partial charge in [0.05, 0.1) is 35.2 Å². The normalized spacial score (nSPS) is 29.1. The first-order valence-electron chi connectivity index (χ1n) is 7.16. The Balaban J connectivity index is 1.81. The van der Waals surface area contributed by atoms with E-state index >= 15 is 0 Å². The molecule has 1 aromatic carbocycles. The number of likely N-dealkylation sites (tertiary alicyclic amines) is 1. The van der Waals surface area contributed by atoms with Crippen molar-refractivity contribution in [3.05, 3.63) is 33.8 Å². The molecular formula is C15H18Cl2N2O2. The number of nitrogens with zero attached hydrogens (tertiary/aromatic N) is 1. The highest BCUT2D eigenvalue weighted by Crippen LogP contribution is 2.36. The molecular weight excluding hydrogens is 311 g/mol. The maximum absolute atomic E-state index is 12.7. The van der Waals surface area contributed by atoms with Crippen molar-refractivity contribution in [2.75, 3.05) is 19.8 Å². The summed E-state index contributed by atoms with van der Waals surface area (Å²) in [7, 11) is 0. The van der Waals surface area contributed by atoms with Crippen LogP contribution in [0.3, 0.4) is 0 Å². The number of hydrogen-bond acceptors (Lipinski definition) is 3. The lowest BCUT2D eigenvalue weighted by Gasteiger charge is -2.28. The molecule has 2 aliphatic heterocycles. The standard InChI is InChI=1S/C15H18Cl2N2O2/c16-11-4-3-9(6-12(11)17)14-2-1-5-19(14)15(20)10-7-21-8-13(10)18/h3-4,6,10,13-14H,1-2,5,7-8,18H2. The van der Waals surface area contributed by atoms with Gasteiger partial charge in [0.15, 0.2) is 0 Å². The van der Waals surface area contributed by atoms with Crippen molar-refractivity contribution in [1.29, 1.82) is 0 Å². The minimum absolute atomic E-state index is 0.0556. The number of nitrogens with two attached hydrogens (primary N) is 1. The molecule has 2 saturated heterocycles. The molecule has 6 heteroatoms. The molecule has 0 spiro atoms. The summed E-state index contributed by atoms with van der Waals surface area (Å²) in [5.74, 6) is -0.137. The summed E-state index contributed by atoms with van der Waals surface area (Å²) < 4.78 is 5.31. The van der Waals surface area contributed by atoms with E-state index in [9.17, 15) is 4.79 Å². The summed E-state index contributed by atoms with van der Waals surface area (Å²) in [5.41, 5.74) is 6.99. The van der Waals surface area contributed by atoms with Crippen LogP contribution < -0.4 is 5.73 Å². The maximum atomic E-state index is 12.7. The predicted molar refractivity (Wildman–Crippen MR) is 82.4 cm³/mol. The second-order valence-electron chi connectivity index (χ2n) is 5.67. The van der Waals surface area contributed by atoms with Crippen LogP contribution in [0.1, 0.15) is 24.4 Å². The minimum atomic E-state index is -0.228. The van der Waals surface area contributed by atoms with Crippen molar-refractivity contribution in [1.82, 2.24) is 4.90 Å². The molecule has 0 bridgehead atoms. The molecule has 21 heavy (non-hydrogen) atoms. The van der Waals surface area contributed by atoms with Gasteiger partial charge in [0.2, 0.25) is 5.91 Å². The van der Waals surface area contributed by atoms with Crippen molar-refractivity contribution >= 4 is 29.1 Å². The van der Waals surface area contributed by atoms with E-state index in [-0.39, 0.29) is 23.9 Å². The first kappa shape index (κ1) is 15.1. The van der Waals surface area contributed by atoms with E-state index in [1.165, 1.54) is 0 Å². The number of carbonyl (C=O) groups excluding carboxylic acids is 1. The summed E-state index contributed by atoms with van der Waals surface area (Å²) >= 11 is 12.1.